The van der Waals surface area contributed by atoms with Crippen LogP contribution in [0.25, 0.3) is 16.3 Å². The molecule has 4 aromatic heterocycles. The number of nitrogens with zero attached hydrogens (tertiary/aromatic N) is 6. The minimum Gasteiger partial charge on any atom is -0.296 e. The summed E-state index contributed by atoms with van der Waals surface area (Å²) in [5, 5.41) is 21.5. The molecule has 4 heterocycles. The second-order valence-corrected chi connectivity index (χ2v) is 9.67. The highest BCUT2D eigenvalue weighted by Crippen LogP contribution is 2.29. The third-order valence-electron chi connectivity index (χ3n) is 4.63. The first-order valence-corrected chi connectivity index (χ1v) is 12.4. The van der Waals surface area contributed by atoms with Crippen LogP contribution in [0.5, 0.6) is 0 Å². The van der Waals surface area contributed by atoms with E-state index in [4.69, 9.17) is 0 Å². The Morgan fingerprint density at radius 1 is 1.16 bits per heavy atom. The van der Waals surface area contributed by atoms with Gasteiger partial charge in [-0.05, 0) is 43.0 Å². The molecule has 1 aromatic carbocycles. The summed E-state index contributed by atoms with van der Waals surface area (Å²) in [6.07, 6.45) is 0. The van der Waals surface area contributed by atoms with Crippen LogP contribution < -0.4 is 5.32 Å². The Morgan fingerprint density at radius 3 is 2.88 bits per heavy atom. The zero-order chi connectivity index (χ0) is 22.1. The lowest BCUT2D eigenvalue weighted by Gasteiger charge is -2.07. The molecular formula is C21H17N7OS3. The minimum atomic E-state index is -0.217. The Bertz CT molecular complexity index is 1410. The molecule has 0 aliphatic rings. The van der Waals surface area contributed by atoms with Crippen LogP contribution in [0.1, 0.15) is 27.3 Å². The number of fused-ring (bicyclic) bond motifs is 1. The fourth-order valence-electron chi connectivity index (χ4n) is 3.16. The van der Waals surface area contributed by atoms with Crippen LogP contribution in [0.15, 0.2) is 52.3 Å². The van der Waals surface area contributed by atoms with Gasteiger partial charge in [0, 0.05) is 33.6 Å². The summed E-state index contributed by atoms with van der Waals surface area (Å²) in [7, 11) is 0. The Morgan fingerprint density at radius 2 is 2.03 bits per heavy atom. The van der Waals surface area contributed by atoms with Gasteiger partial charge in [0.25, 0.3) is 11.7 Å². The topological polar surface area (TPSA) is 98.0 Å². The molecule has 0 saturated heterocycles. The highest BCUT2D eigenvalue weighted by molar-refractivity contribution is 7.98. The van der Waals surface area contributed by atoms with E-state index in [9.17, 15) is 4.79 Å². The van der Waals surface area contributed by atoms with Gasteiger partial charge in [-0.1, -0.05) is 41.3 Å². The average Bonchev–Trinajstić information content (AvgIpc) is 3.53. The van der Waals surface area contributed by atoms with E-state index in [0.717, 1.165) is 27.5 Å². The van der Waals surface area contributed by atoms with E-state index in [2.05, 4.69) is 30.6 Å². The molecule has 0 unspecified atom stereocenters. The first-order valence-electron chi connectivity index (χ1n) is 9.66. The molecule has 0 fully saturated rings. The summed E-state index contributed by atoms with van der Waals surface area (Å²) in [5.74, 6) is 0.911. The average molecular weight is 480 g/mol. The Labute approximate surface area is 195 Å². The van der Waals surface area contributed by atoms with Crippen LogP contribution in [-0.4, -0.2) is 35.7 Å². The number of anilines is 1. The zero-order valence-electron chi connectivity index (χ0n) is 17.1. The predicted octanol–water partition coefficient (Wildman–Crippen LogP) is 4.87. The predicted molar refractivity (Wildman–Crippen MR) is 127 cm³/mol. The monoisotopic (exact) mass is 479 g/mol. The number of thiophene rings is 1. The summed E-state index contributed by atoms with van der Waals surface area (Å²) in [6.45, 7) is 3.91. The molecule has 11 heteroatoms. The maximum Gasteiger partial charge on any atom is 0.257 e. The van der Waals surface area contributed by atoms with Crippen molar-refractivity contribution in [3.05, 3.63) is 69.7 Å². The fourth-order valence-corrected chi connectivity index (χ4v) is 5.43. The molecular weight excluding hydrogens is 462 g/mol. The Kier molecular flexibility index (Phi) is 5.68. The maximum absolute atomic E-state index is 12.9. The molecule has 1 N–H and O–H groups in total. The largest absolute Gasteiger partial charge is 0.296 e. The van der Waals surface area contributed by atoms with Gasteiger partial charge in [0.2, 0.25) is 10.3 Å². The highest BCUT2D eigenvalue weighted by atomic mass is 32.2. The van der Waals surface area contributed by atoms with E-state index in [1.165, 1.54) is 23.1 Å². The molecule has 0 atom stereocenters. The van der Waals surface area contributed by atoms with Crippen LogP contribution >= 0.6 is 34.4 Å². The van der Waals surface area contributed by atoms with Gasteiger partial charge in [-0.25, -0.2) is 9.50 Å². The molecule has 0 aliphatic carbocycles. The first kappa shape index (κ1) is 20.7. The lowest BCUT2D eigenvalue weighted by molar-refractivity contribution is 0.102. The van der Waals surface area contributed by atoms with Crippen molar-refractivity contribution in [3.8, 4) is 10.6 Å². The second-order valence-electron chi connectivity index (χ2n) is 6.97. The van der Waals surface area contributed by atoms with Gasteiger partial charge in [0.1, 0.15) is 5.01 Å². The number of nitrogens with one attached hydrogen (secondary N) is 1. The summed E-state index contributed by atoms with van der Waals surface area (Å²) >= 11 is 4.42. The number of carbonyl (C=O) groups is 1. The van der Waals surface area contributed by atoms with E-state index < -0.39 is 0 Å². The molecule has 160 valence electrons. The molecule has 0 saturated carbocycles. The van der Waals surface area contributed by atoms with Gasteiger partial charge in [-0.3, -0.25) is 10.1 Å². The molecule has 0 aliphatic heterocycles. The number of aromatic nitrogens is 6. The Hall–Kier alpha value is -3.15. The number of rotatable bonds is 6. The number of benzene rings is 1. The standard InChI is InChI=1S/C21H17N7OS3/c1-12-9-13(2)28-19(22-12)24-21(27-28)31-11-14-5-3-4-6-16(14)17(29)23-20-26-25-18(32-20)15-7-8-30-10-15/h3-10H,11H2,1-2H3,(H,23,26,29). The molecule has 32 heavy (non-hydrogen) atoms. The molecule has 5 aromatic rings. The van der Waals surface area contributed by atoms with Crippen molar-refractivity contribution in [2.75, 3.05) is 5.32 Å². The summed E-state index contributed by atoms with van der Waals surface area (Å²) < 4.78 is 1.73. The zero-order valence-corrected chi connectivity index (χ0v) is 19.6. The number of amides is 1. The van der Waals surface area contributed by atoms with Crippen molar-refractivity contribution in [1.29, 1.82) is 0 Å². The molecule has 8 nitrogen and oxygen atoms in total. The third kappa shape index (κ3) is 4.27. The number of hydrogen-bond donors (Lipinski definition) is 1. The van der Waals surface area contributed by atoms with E-state index in [0.29, 0.717) is 27.4 Å². The van der Waals surface area contributed by atoms with Crippen molar-refractivity contribution in [2.24, 2.45) is 0 Å². The van der Waals surface area contributed by atoms with E-state index >= 15 is 0 Å². The van der Waals surface area contributed by atoms with Crippen LogP contribution in [0.4, 0.5) is 5.13 Å². The number of carbonyl (C=O) groups excluding carboxylic acids is 1. The highest BCUT2D eigenvalue weighted by Gasteiger charge is 2.16. The maximum atomic E-state index is 12.9. The number of hydrogen-bond acceptors (Lipinski definition) is 9. The summed E-state index contributed by atoms with van der Waals surface area (Å²) in [6, 6.07) is 11.4. The summed E-state index contributed by atoms with van der Waals surface area (Å²) in [4.78, 5) is 21.9. The van der Waals surface area contributed by atoms with Crippen LogP contribution in [0.3, 0.4) is 0 Å². The van der Waals surface area contributed by atoms with Gasteiger partial charge in [0.05, 0.1) is 0 Å². The third-order valence-corrected chi connectivity index (χ3v) is 7.09. The lowest BCUT2D eigenvalue weighted by Crippen LogP contribution is -2.13. The Balaban J connectivity index is 1.31. The van der Waals surface area contributed by atoms with Crippen LogP contribution in [0.2, 0.25) is 0 Å². The smallest absolute Gasteiger partial charge is 0.257 e. The van der Waals surface area contributed by atoms with Gasteiger partial charge < -0.3 is 0 Å². The van der Waals surface area contributed by atoms with Crippen LogP contribution in [-0.2, 0) is 5.75 Å². The molecule has 0 bridgehead atoms. The van der Waals surface area contributed by atoms with Gasteiger partial charge in [-0.2, -0.15) is 16.3 Å². The number of aryl methyl sites for hydroxylation is 2. The fraction of sp³-hybridized carbons (Fsp3) is 0.143. The quantitative estimate of drug-likeness (QED) is 0.347. The molecule has 1 amide bonds. The molecule has 0 radical (unpaired) electrons. The molecule has 5 rings (SSSR count). The van der Waals surface area contributed by atoms with Gasteiger partial charge in [0.15, 0.2) is 0 Å². The van der Waals surface area contributed by atoms with Crippen molar-refractivity contribution < 1.29 is 4.79 Å². The van der Waals surface area contributed by atoms with Crippen molar-refractivity contribution in [1.82, 2.24) is 29.8 Å². The minimum absolute atomic E-state index is 0.217. The summed E-state index contributed by atoms with van der Waals surface area (Å²) in [5.41, 5.74) is 4.36. The van der Waals surface area contributed by atoms with Crippen molar-refractivity contribution >= 4 is 51.3 Å². The normalized spacial score (nSPS) is 11.2. The molecule has 0 spiro atoms. The lowest BCUT2D eigenvalue weighted by atomic mass is 10.1. The van der Waals surface area contributed by atoms with E-state index in [-0.39, 0.29) is 5.91 Å². The second kappa shape index (κ2) is 8.77. The van der Waals surface area contributed by atoms with Gasteiger partial charge >= 0.3 is 0 Å². The van der Waals surface area contributed by atoms with Crippen molar-refractivity contribution in [2.45, 2.75) is 24.8 Å². The van der Waals surface area contributed by atoms with E-state index in [1.807, 2.05) is 54.9 Å². The first-order chi connectivity index (χ1) is 15.6. The number of thioether (sulfide) groups is 1. The van der Waals surface area contributed by atoms with Crippen LogP contribution in [0, 0.1) is 13.8 Å². The van der Waals surface area contributed by atoms with E-state index in [1.54, 1.807) is 21.9 Å². The van der Waals surface area contributed by atoms with Crippen molar-refractivity contribution in [3.63, 3.8) is 0 Å². The van der Waals surface area contributed by atoms with Gasteiger partial charge in [-0.15, -0.1) is 15.3 Å². The SMILES string of the molecule is Cc1cc(C)n2nc(SCc3ccccc3C(=O)Nc3nnc(-c4ccsc4)s3)nc2n1.